The zero-order valence-corrected chi connectivity index (χ0v) is 23.6. The summed E-state index contributed by atoms with van der Waals surface area (Å²) < 4.78 is 0. The van der Waals surface area contributed by atoms with E-state index in [2.05, 4.69) is 26.3 Å². The molecule has 0 saturated heterocycles. The number of nitrogens with zero attached hydrogens (tertiary/aromatic N) is 2. The molecule has 0 aliphatic heterocycles. The van der Waals surface area contributed by atoms with Gasteiger partial charge in [-0.1, -0.05) is 45.9 Å². The first-order valence-electron chi connectivity index (χ1n) is 11.9. The predicted molar refractivity (Wildman–Crippen MR) is 155 cm³/mol. The summed E-state index contributed by atoms with van der Waals surface area (Å²) in [6.45, 7) is 9.69. The van der Waals surface area contributed by atoms with Crippen LogP contribution in [-0.2, 0) is 19.2 Å². The summed E-state index contributed by atoms with van der Waals surface area (Å²) in [6.07, 6.45) is 4.08. The summed E-state index contributed by atoms with van der Waals surface area (Å²) in [4.78, 5) is 59.7. The van der Waals surface area contributed by atoms with Gasteiger partial charge in [-0.05, 0) is 12.5 Å². The summed E-state index contributed by atoms with van der Waals surface area (Å²) in [7, 11) is 1.00. The number of fused-ring (bicyclic) bond motifs is 1. The van der Waals surface area contributed by atoms with Gasteiger partial charge in [0.05, 0.1) is 23.3 Å². The van der Waals surface area contributed by atoms with Crippen LogP contribution in [0.3, 0.4) is 0 Å². The van der Waals surface area contributed by atoms with Crippen LogP contribution < -0.4 is 33.6 Å². The summed E-state index contributed by atoms with van der Waals surface area (Å²) >= 11 is 0. The number of para-hydroxylation sites is 1. The average Bonchev–Trinajstić information content (AvgIpc) is 2.94. The number of hydrogen-bond donors (Lipinski definition) is 7. The van der Waals surface area contributed by atoms with Crippen LogP contribution in [0.1, 0.15) is 57.8 Å². The molecule has 0 aliphatic carbocycles. The van der Waals surface area contributed by atoms with E-state index in [9.17, 15) is 19.2 Å². The second-order valence-corrected chi connectivity index (χ2v) is 6.40. The molecule has 14 heteroatoms. The number of aliphatic hydroxyl groups is 1. The number of aliphatic hydroxyl groups excluding tert-OH is 1. The van der Waals surface area contributed by atoms with E-state index in [-0.39, 0.29) is 30.4 Å². The molecule has 14 nitrogen and oxygen atoms in total. The van der Waals surface area contributed by atoms with Gasteiger partial charge in [0.1, 0.15) is 6.29 Å². The van der Waals surface area contributed by atoms with Gasteiger partial charge in [0, 0.05) is 38.6 Å². The molecular weight excluding hydrogens is 508 g/mol. The maximum absolute atomic E-state index is 11.8. The summed E-state index contributed by atoms with van der Waals surface area (Å²) in [6, 6.07) is 7.03. The topological polar surface area (TPSA) is 259 Å². The molecule has 0 radical (unpaired) electrons. The standard InChI is InChI=1S/C14H14N4O3.C4H11N3.C3H6O.C2H6.CH3NO.CH4O/c1-8(19)16-7-12(20)18-13-9-4-2-3-5-11(9)17-6-10(13)14(15)21;1-2-3-7-4(5)6;1-2-3-4;1-2;2-1-3;1-2/h2-6H,7H2,1H3,(H2,15,21)(H,16,19)(H,17,18,20);2-3H2,1H3,(H4,5,6,7);3H,2H2,1H3;1-2H3;1H,(H2,2,3);2H,1H3. The van der Waals surface area contributed by atoms with Crippen molar-refractivity contribution in [3.8, 4) is 0 Å². The molecule has 1 aromatic heterocycles. The molecule has 0 unspecified atom stereocenters. The minimum atomic E-state index is -0.692. The van der Waals surface area contributed by atoms with Crippen molar-refractivity contribution in [3.05, 3.63) is 36.0 Å². The number of carbonyl (C=O) groups is 5. The van der Waals surface area contributed by atoms with Crippen LogP contribution in [0, 0.1) is 0 Å². The number of anilines is 1. The molecule has 39 heavy (non-hydrogen) atoms. The number of aliphatic imine (C=N–C) groups is 1. The van der Waals surface area contributed by atoms with E-state index < -0.39 is 11.8 Å². The second kappa shape index (κ2) is 29.6. The third-order valence-corrected chi connectivity index (χ3v) is 3.49. The number of amides is 4. The number of nitrogens with one attached hydrogen (secondary N) is 2. The van der Waals surface area contributed by atoms with Crippen LogP contribution in [0.4, 0.5) is 5.69 Å². The smallest absolute Gasteiger partial charge is 0.252 e. The molecule has 0 atom stereocenters. The first-order chi connectivity index (χ1) is 18.6. The van der Waals surface area contributed by atoms with Crippen molar-refractivity contribution in [3.63, 3.8) is 0 Å². The van der Waals surface area contributed by atoms with Gasteiger partial charge in [0.15, 0.2) is 5.96 Å². The SMILES string of the molecule is CC.CC(=O)NCC(=O)Nc1c(C(N)=O)cnc2ccccc12.CCC=O.CCCN=C(N)N.CO.NC=O. The Balaban J connectivity index is -0.000000281. The van der Waals surface area contributed by atoms with Gasteiger partial charge < -0.3 is 43.5 Å². The van der Waals surface area contributed by atoms with Crippen LogP contribution in [0.5, 0.6) is 0 Å². The third-order valence-electron chi connectivity index (χ3n) is 3.49. The average molecular weight is 553 g/mol. The fourth-order valence-corrected chi connectivity index (χ4v) is 2.09. The normalized spacial score (nSPS) is 8.18. The number of rotatable bonds is 7. The molecule has 1 heterocycles. The van der Waals surface area contributed by atoms with E-state index in [1.165, 1.54) is 13.1 Å². The number of nitrogens with two attached hydrogens (primary N) is 4. The van der Waals surface area contributed by atoms with Crippen LogP contribution in [0.15, 0.2) is 35.5 Å². The minimum absolute atomic E-state index is 0.116. The number of primary amides is 2. The highest BCUT2D eigenvalue weighted by atomic mass is 16.2. The quantitative estimate of drug-likeness (QED) is 0.142. The van der Waals surface area contributed by atoms with E-state index in [1.807, 2.05) is 27.7 Å². The molecule has 4 amide bonds. The zero-order chi connectivity index (χ0) is 31.2. The van der Waals surface area contributed by atoms with Crippen LogP contribution in [-0.4, -0.2) is 66.7 Å². The fourth-order valence-electron chi connectivity index (χ4n) is 2.09. The zero-order valence-electron chi connectivity index (χ0n) is 23.6. The van der Waals surface area contributed by atoms with E-state index in [4.69, 9.17) is 27.1 Å². The maximum atomic E-state index is 11.8. The van der Waals surface area contributed by atoms with E-state index in [0.717, 1.165) is 26.4 Å². The Labute approximate surface area is 229 Å². The molecule has 220 valence electrons. The molecule has 0 bridgehead atoms. The van der Waals surface area contributed by atoms with Gasteiger partial charge in [-0.15, -0.1) is 0 Å². The monoisotopic (exact) mass is 552 g/mol. The lowest BCUT2D eigenvalue weighted by molar-refractivity contribution is -0.122. The van der Waals surface area contributed by atoms with Gasteiger partial charge in [-0.3, -0.25) is 29.2 Å². The lowest BCUT2D eigenvalue weighted by atomic mass is 10.1. The Bertz CT molecular complexity index is 996. The molecule has 1 aromatic carbocycles. The van der Waals surface area contributed by atoms with Gasteiger partial charge >= 0.3 is 0 Å². The summed E-state index contributed by atoms with van der Waals surface area (Å²) in [5.41, 5.74) is 20.5. The van der Waals surface area contributed by atoms with Crippen molar-refractivity contribution in [2.45, 2.75) is 47.5 Å². The van der Waals surface area contributed by atoms with Crippen molar-refractivity contribution in [1.29, 1.82) is 0 Å². The van der Waals surface area contributed by atoms with E-state index in [1.54, 1.807) is 24.3 Å². The van der Waals surface area contributed by atoms with Crippen molar-refractivity contribution in [2.24, 2.45) is 27.9 Å². The number of aldehydes is 1. The molecule has 0 saturated carbocycles. The number of pyridine rings is 1. The third kappa shape index (κ3) is 23.6. The molecule has 2 aromatic rings. The lowest BCUT2D eigenvalue weighted by Gasteiger charge is -2.12. The highest BCUT2D eigenvalue weighted by Crippen LogP contribution is 2.25. The molecular formula is C25H44N8O6. The maximum Gasteiger partial charge on any atom is 0.252 e. The number of benzene rings is 1. The number of guanidine groups is 1. The summed E-state index contributed by atoms with van der Waals surface area (Å²) in [5, 5.41) is 12.6. The molecule has 0 aliphatic rings. The Morgan fingerprint density at radius 3 is 1.95 bits per heavy atom. The van der Waals surface area contributed by atoms with Crippen molar-refractivity contribution < 1.29 is 29.1 Å². The first kappa shape index (κ1) is 41.5. The molecule has 0 spiro atoms. The largest absolute Gasteiger partial charge is 0.400 e. The fraction of sp³-hybridized carbons (Fsp3) is 0.400. The number of carbonyl (C=O) groups excluding carboxylic acids is 5. The molecule has 2 rings (SSSR count). The van der Waals surface area contributed by atoms with Crippen molar-refractivity contribution in [1.82, 2.24) is 10.3 Å². The van der Waals surface area contributed by atoms with Gasteiger partial charge in [0.25, 0.3) is 5.91 Å². The van der Waals surface area contributed by atoms with Crippen molar-refractivity contribution >= 4 is 53.0 Å². The van der Waals surface area contributed by atoms with Crippen LogP contribution in [0.2, 0.25) is 0 Å². The molecule has 11 N–H and O–H groups in total. The van der Waals surface area contributed by atoms with Gasteiger partial charge in [-0.25, -0.2) is 0 Å². The predicted octanol–water partition coefficient (Wildman–Crippen LogP) is 0.410. The number of aromatic nitrogens is 1. The van der Waals surface area contributed by atoms with Gasteiger partial charge in [-0.2, -0.15) is 0 Å². The lowest BCUT2D eigenvalue weighted by Crippen LogP contribution is -2.31. The Kier molecular flexibility index (Phi) is 31.6. The van der Waals surface area contributed by atoms with Crippen LogP contribution >= 0.6 is 0 Å². The highest BCUT2D eigenvalue weighted by molar-refractivity contribution is 6.11. The van der Waals surface area contributed by atoms with E-state index in [0.29, 0.717) is 23.0 Å². The van der Waals surface area contributed by atoms with Crippen LogP contribution in [0.25, 0.3) is 10.9 Å². The Morgan fingerprint density at radius 1 is 1.05 bits per heavy atom. The number of hydrogen-bond acceptors (Lipinski definition) is 8. The highest BCUT2D eigenvalue weighted by Gasteiger charge is 2.15. The summed E-state index contributed by atoms with van der Waals surface area (Å²) in [5.74, 6) is -1.28. The second-order valence-electron chi connectivity index (χ2n) is 6.40. The first-order valence-corrected chi connectivity index (χ1v) is 11.9. The Hall–Kier alpha value is -4.59. The van der Waals surface area contributed by atoms with Gasteiger partial charge in [0.2, 0.25) is 18.2 Å². The molecule has 0 fully saturated rings. The Morgan fingerprint density at radius 2 is 1.56 bits per heavy atom. The minimum Gasteiger partial charge on any atom is -0.400 e. The van der Waals surface area contributed by atoms with E-state index >= 15 is 0 Å². The van der Waals surface area contributed by atoms with Crippen molar-refractivity contribution in [2.75, 3.05) is 25.5 Å².